The quantitative estimate of drug-likeness (QED) is 0.453. The number of fused-ring (bicyclic) bond motifs is 3. The van der Waals surface area contributed by atoms with Crippen LogP contribution in [0, 0.1) is 0 Å². The van der Waals surface area contributed by atoms with E-state index in [4.69, 9.17) is 4.98 Å². The average Bonchev–Trinajstić information content (AvgIpc) is 2.85. The molecule has 2 bridgehead atoms. The number of aromatic nitrogens is 1. The van der Waals surface area contributed by atoms with Crippen molar-refractivity contribution in [2.75, 3.05) is 56.7 Å². The molecule has 9 heteroatoms. The van der Waals surface area contributed by atoms with Gasteiger partial charge in [0.2, 0.25) is 10.0 Å². The second kappa shape index (κ2) is 12.5. The highest BCUT2D eigenvalue weighted by Crippen LogP contribution is 2.30. The molecule has 6 nitrogen and oxygen atoms in total. The van der Waals surface area contributed by atoms with Crippen LogP contribution in [0.25, 0.3) is 10.8 Å². The minimum Gasteiger partial charge on any atom is -0.377 e. The Bertz CT molecular complexity index is 1210. The monoisotopic (exact) mass is 530 g/mol. The van der Waals surface area contributed by atoms with Gasteiger partial charge in [-0.1, -0.05) is 30.3 Å². The van der Waals surface area contributed by atoms with Crippen molar-refractivity contribution in [2.45, 2.75) is 22.8 Å². The first-order chi connectivity index (χ1) is 16.9. The lowest BCUT2D eigenvalue weighted by atomic mass is 10.1. The molecule has 1 N–H and O–H groups in total. The van der Waals surface area contributed by atoms with Crippen LogP contribution in [0.2, 0.25) is 0 Å². The highest BCUT2D eigenvalue weighted by atomic mass is 32.2. The largest absolute Gasteiger partial charge is 0.377 e. The van der Waals surface area contributed by atoms with E-state index in [1.54, 1.807) is 6.07 Å². The van der Waals surface area contributed by atoms with E-state index in [2.05, 4.69) is 27.8 Å². The third-order valence-electron chi connectivity index (χ3n) is 6.04. The summed E-state index contributed by atoms with van der Waals surface area (Å²) in [7, 11) is 0.344. The van der Waals surface area contributed by atoms with Gasteiger partial charge in [-0.3, -0.25) is 4.98 Å². The molecule has 0 fully saturated rings. The van der Waals surface area contributed by atoms with Gasteiger partial charge in [0.25, 0.3) is 0 Å². The smallest absolute Gasteiger partial charge is 0.241 e. The number of sulfonamides is 1. The summed E-state index contributed by atoms with van der Waals surface area (Å²) in [6.07, 6.45) is 0.781. The number of benzene rings is 2. The zero-order valence-corrected chi connectivity index (χ0v) is 22.9. The van der Waals surface area contributed by atoms with Crippen molar-refractivity contribution in [3.05, 3.63) is 66.0 Å². The Morgan fingerprint density at radius 2 is 1.54 bits per heavy atom. The van der Waals surface area contributed by atoms with Crippen molar-refractivity contribution in [3.8, 4) is 0 Å². The fourth-order valence-electron chi connectivity index (χ4n) is 4.24. The summed E-state index contributed by atoms with van der Waals surface area (Å²) in [6, 6.07) is 17.6. The Hall–Kier alpha value is -1.78. The molecule has 2 heterocycles. The van der Waals surface area contributed by atoms with Gasteiger partial charge in [0.15, 0.2) is 0 Å². The maximum Gasteiger partial charge on any atom is 0.241 e. The molecule has 2 aromatic carbocycles. The van der Waals surface area contributed by atoms with Gasteiger partial charge in [-0.15, -0.1) is 0 Å². The molecule has 0 saturated carbocycles. The first-order valence-electron chi connectivity index (χ1n) is 12.0. The molecule has 0 spiro atoms. The van der Waals surface area contributed by atoms with Crippen LogP contribution >= 0.6 is 23.5 Å². The Balaban J connectivity index is 1.33. The lowest BCUT2D eigenvalue weighted by molar-refractivity contribution is 0.305. The normalized spacial score (nSPS) is 15.9. The molecule has 0 atom stereocenters. The molecule has 3 aromatic rings. The number of pyridine rings is 1. The molecule has 1 aromatic heterocycles. The predicted octanol–water partition coefficient (Wildman–Crippen LogP) is 4.45. The zero-order valence-electron chi connectivity index (χ0n) is 20.4. The molecule has 1 aliphatic rings. The summed E-state index contributed by atoms with van der Waals surface area (Å²) in [5.41, 5.74) is 3.31. The first kappa shape index (κ1) is 26.3. The minimum atomic E-state index is -3.59. The highest BCUT2D eigenvalue weighted by Gasteiger charge is 2.18. The van der Waals surface area contributed by atoms with E-state index in [9.17, 15) is 8.42 Å². The van der Waals surface area contributed by atoms with Gasteiger partial charge in [0, 0.05) is 73.2 Å². The van der Waals surface area contributed by atoms with Crippen LogP contribution in [0.5, 0.6) is 0 Å². The Kier molecular flexibility index (Phi) is 9.35. The number of anilines is 1. The van der Waals surface area contributed by atoms with Crippen molar-refractivity contribution < 1.29 is 8.42 Å². The summed E-state index contributed by atoms with van der Waals surface area (Å²) in [4.78, 5) is 9.55. The van der Waals surface area contributed by atoms with Crippen LogP contribution in [0.3, 0.4) is 0 Å². The summed E-state index contributed by atoms with van der Waals surface area (Å²) in [5, 5.41) is 1.69. The van der Waals surface area contributed by atoms with Gasteiger partial charge in [-0.2, -0.15) is 23.5 Å². The number of thioether (sulfide) groups is 2. The van der Waals surface area contributed by atoms with Gasteiger partial charge in [0.05, 0.1) is 16.3 Å². The average molecular weight is 531 g/mol. The van der Waals surface area contributed by atoms with E-state index in [0.29, 0.717) is 11.4 Å². The maximum absolute atomic E-state index is 13.2. The van der Waals surface area contributed by atoms with E-state index in [0.717, 1.165) is 76.9 Å². The van der Waals surface area contributed by atoms with Crippen LogP contribution < -0.4 is 9.62 Å². The van der Waals surface area contributed by atoms with Crippen molar-refractivity contribution in [1.82, 2.24) is 14.6 Å². The molecular formula is C26H34N4O2S3. The third kappa shape index (κ3) is 7.13. The van der Waals surface area contributed by atoms with Crippen molar-refractivity contribution in [3.63, 3.8) is 0 Å². The lowest BCUT2D eigenvalue weighted by Crippen LogP contribution is -2.33. The Morgan fingerprint density at radius 3 is 2.23 bits per heavy atom. The molecule has 188 valence electrons. The molecule has 0 amide bonds. The van der Waals surface area contributed by atoms with Crippen molar-refractivity contribution in [1.29, 1.82) is 0 Å². The summed E-state index contributed by atoms with van der Waals surface area (Å²) in [5.74, 6) is 3.97. The number of nitrogens with one attached hydrogen (secondary N) is 1. The number of hydrogen-bond acceptors (Lipinski definition) is 7. The van der Waals surface area contributed by atoms with Gasteiger partial charge in [0.1, 0.15) is 0 Å². The summed E-state index contributed by atoms with van der Waals surface area (Å²) >= 11 is 3.82. The van der Waals surface area contributed by atoms with E-state index >= 15 is 0 Å². The van der Waals surface area contributed by atoms with Gasteiger partial charge in [-0.25, -0.2) is 13.1 Å². The second-order valence-electron chi connectivity index (χ2n) is 8.84. The van der Waals surface area contributed by atoms with Crippen LogP contribution in [0.15, 0.2) is 59.5 Å². The topological polar surface area (TPSA) is 65.5 Å². The second-order valence-corrected chi connectivity index (χ2v) is 12.8. The van der Waals surface area contributed by atoms with Gasteiger partial charge in [-0.05, 0) is 37.2 Å². The number of rotatable bonds is 7. The SMILES string of the molecule is CN(C)c1cccc2c(S(=O)(=O)NCCCN3CCSCc4cccc(n4)CSCC3)cccc12. The summed E-state index contributed by atoms with van der Waals surface area (Å²) in [6.45, 7) is 3.33. The fraction of sp³-hybridized carbons (Fsp3) is 0.423. The van der Waals surface area contributed by atoms with Crippen LogP contribution in [0.4, 0.5) is 5.69 Å². The standard InChI is InChI=1S/C26H34N4O2S3/c1-29(2)25-11-4-10-24-23(25)9-5-12-26(24)35(31,32)27-13-6-14-30-15-17-33-19-21-7-3-8-22(28-21)20-34-18-16-30/h3-5,7-12,27H,6,13-20H2,1-2H3. The molecule has 35 heavy (non-hydrogen) atoms. The van der Waals surface area contributed by atoms with Gasteiger partial charge < -0.3 is 9.80 Å². The zero-order chi connectivity index (χ0) is 24.7. The predicted molar refractivity (Wildman–Crippen MR) is 151 cm³/mol. The fourth-order valence-corrected chi connectivity index (χ4v) is 7.34. The number of nitrogens with zero attached hydrogens (tertiary/aromatic N) is 3. The van der Waals surface area contributed by atoms with E-state index in [1.165, 1.54) is 0 Å². The highest BCUT2D eigenvalue weighted by molar-refractivity contribution is 7.98. The molecule has 1 aliphatic heterocycles. The minimum absolute atomic E-state index is 0.342. The lowest BCUT2D eigenvalue weighted by Gasteiger charge is -2.22. The molecule has 0 saturated heterocycles. The van der Waals surface area contributed by atoms with E-state index in [-0.39, 0.29) is 0 Å². The van der Waals surface area contributed by atoms with Crippen LogP contribution in [-0.2, 0) is 21.5 Å². The van der Waals surface area contributed by atoms with Gasteiger partial charge >= 0.3 is 0 Å². The first-order valence-corrected chi connectivity index (χ1v) is 15.7. The van der Waals surface area contributed by atoms with Crippen LogP contribution in [-0.4, -0.2) is 70.1 Å². The van der Waals surface area contributed by atoms with E-state index < -0.39 is 10.0 Å². The summed E-state index contributed by atoms with van der Waals surface area (Å²) < 4.78 is 29.2. The Morgan fingerprint density at radius 1 is 0.914 bits per heavy atom. The molecule has 0 radical (unpaired) electrons. The molecule has 0 aliphatic carbocycles. The molecule has 0 unspecified atom stereocenters. The third-order valence-corrected chi connectivity index (χ3v) is 9.50. The molecule has 4 rings (SSSR count). The van der Waals surface area contributed by atoms with Crippen LogP contribution in [0.1, 0.15) is 17.8 Å². The molecular weight excluding hydrogens is 497 g/mol. The Labute approximate surface area is 217 Å². The maximum atomic E-state index is 13.2. The van der Waals surface area contributed by atoms with E-state index in [1.807, 2.05) is 72.9 Å². The number of hydrogen-bond donors (Lipinski definition) is 1. The van der Waals surface area contributed by atoms with Crippen molar-refractivity contribution in [2.24, 2.45) is 0 Å². The van der Waals surface area contributed by atoms with Crippen molar-refractivity contribution >= 4 is 50.0 Å².